The van der Waals surface area contributed by atoms with Crippen LogP contribution in [0.2, 0.25) is 0 Å². The Hall–Kier alpha value is -1.55. The van der Waals surface area contributed by atoms with Gasteiger partial charge >= 0.3 is 6.09 Å². The number of amides is 1. The van der Waals surface area contributed by atoms with Crippen LogP contribution in [-0.2, 0) is 6.42 Å². The molecule has 0 fully saturated rings. The van der Waals surface area contributed by atoms with Crippen LogP contribution in [0.1, 0.15) is 5.56 Å². The van der Waals surface area contributed by atoms with Gasteiger partial charge in [0.15, 0.2) is 0 Å². The molecule has 1 aromatic rings. The first kappa shape index (κ1) is 9.54. The van der Waals surface area contributed by atoms with Crippen LogP contribution >= 0.6 is 0 Å². The second kappa shape index (κ2) is 4.47. The van der Waals surface area contributed by atoms with Crippen LogP contribution in [0.4, 0.5) is 4.79 Å². The van der Waals surface area contributed by atoms with E-state index in [1.807, 2.05) is 0 Å². The van der Waals surface area contributed by atoms with E-state index in [-0.39, 0.29) is 6.61 Å². The molecule has 3 N–H and O–H groups in total. The molecule has 0 aliphatic rings. The van der Waals surface area contributed by atoms with Crippen molar-refractivity contribution in [3.05, 3.63) is 29.8 Å². The molecule has 0 unspecified atom stereocenters. The molecule has 0 bridgehead atoms. The van der Waals surface area contributed by atoms with Gasteiger partial charge in [0.25, 0.3) is 0 Å². The van der Waals surface area contributed by atoms with Gasteiger partial charge in [0.1, 0.15) is 5.75 Å². The van der Waals surface area contributed by atoms with E-state index in [0.29, 0.717) is 12.2 Å². The standard InChI is InChI=1S/C9H11NO3/c10-9(12)13-8-3-1-7(2-4-8)5-6-11/h1-4,11H,5-6H2,(H2,10,12). The molecule has 0 spiro atoms. The zero-order valence-electron chi connectivity index (χ0n) is 7.06. The van der Waals surface area contributed by atoms with Crippen LogP contribution in [0, 0.1) is 0 Å². The summed E-state index contributed by atoms with van der Waals surface area (Å²) in [6.45, 7) is 0.107. The molecule has 0 aliphatic heterocycles. The van der Waals surface area contributed by atoms with E-state index >= 15 is 0 Å². The molecule has 1 rings (SSSR count). The van der Waals surface area contributed by atoms with E-state index < -0.39 is 6.09 Å². The van der Waals surface area contributed by atoms with Crippen LogP contribution < -0.4 is 10.5 Å². The fourth-order valence-electron chi connectivity index (χ4n) is 0.969. The molecule has 0 aromatic heterocycles. The Morgan fingerprint density at radius 2 is 2.00 bits per heavy atom. The number of aliphatic hydroxyl groups is 1. The number of hydrogen-bond donors (Lipinski definition) is 2. The third-order valence-corrected chi connectivity index (χ3v) is 1.54. The SMILES string of the molecule is NC(=O)Oc1ccc(CCO)cc1. The first-order chi connectivity index (χ1) is 6.22. The van der Waals surface area contributed by atoms with Crippen molar-refractivity contribution in [1.82, 2.24) is 0 Å². The lowest BCUT2D eigenvalue weighted by Crippen LogP contribution is -2.16. The van der Waals surface area contributed by atoms with Gasteiger partial charge in [0, 0.05) is 6.61 Å². The number of ether oxygens (including phenoxy) is 1. The van der Waals surface area contributed by atoms with Crippen molar-refractivity contribution in [3.8, 4) is 5.75 Å². The second-order valence-corrected chi connectivity index (χ2v) is 2.54. The zero-order chi connectivity index (χ0) is 9.68. The number of hydrogen-bond acceptors (Lipinski definition) is 3. The van der Waals surface area contributed by atoms with Crippen molar-refractivity contribution in [3.63, 3.8) is 0 Å². The Labute approximate surface area is 75.9 Å². The highest BCUT2D eigenvalue weighted by Gasteiger charge is 1.97. The maximum Gasteiger partial charge on any atom is 0.409 e. The summed E-state index contributed by atoms with van der Waals surface area (Å²) in [4.78, 5) is 10.3. The molecule has 4 heteroatoms. The fourth-order valence-corrected chi connectivity index (χ4v) is 0.969. The number of rotatable bonds is 3. The summed E-state index contributed by atoms with van der Waals surface area (Å²) < 4.78 is 4.62. The normalized spacial score (nSPS) is 9.62. The largest absolute Gasteiger partial charge is 0.411 e. The predicted octanol–water partition coefficient (Wildman–Crippen LogP) is 0.679. The molecule has 4 nitrogen and oxygen atoms in total. The monoisotopic (exact) mass is 181 g/mol. The van der Waals surface area contributed by atoms with Crippen molar-refractivity contribution in [1.29, 1.82) is 0 Å². The molecule has 0 saturated heterocycles. The van der Waals surface area contributed by atoms with Gasteiger partial charge in [-0.3, -0.25) is 0 Å². The van der Waals surface area contributed by atoms with Gasteiger partial charge in [-0.1, -0.05) is 12.1 Å². The van der Waals surface area contributed by atoms with Gasteiger partial charge in [0.05, 0.1) is 0 Å². The quantitative estimate of drug-likeness (QED) is 0.720. The Balaban J connectivity index is 2.64. The number of aliphatic hydroxyl groups excluding tert-OH is 1. The van der Waals surface area contributed by atoms with Gasteiger partial charge in [0.2, 0.25) is 0 Å². The Kier molecular flexibility index (Phi) is 3.28. The van der Waals surface area contributed by atoms with E-state index in [2.05, 4.69) is 4.74 Å². The molecule has 0 aliphatic carbocycles. The van der Waals surface area contributed by atoms with Gasteiger partial charge in [-0.2, -0.15) is 0 Å². The van der Waals surface area contributed by atoms with Gasteiger partial charge in [-0.15, -0.1) is 0 Å². The highest BCUT2D eigenvalue weighted by atomic mass is 16.5. The van der Waals surface area contributed by atoms with Crippen LogP contribution in [0.15, 0.2) is 24.3 Å². The van der Waals surface area contributed by atoms with Crippen LogP contribution in [-0.4, -0.2) is 17.8 Å². The third-order valence-electron chi connectivity index (χ3n) is 1.54. The summed E-state index contributed by atoms with van der Waals surface area (Å²) in [5.74, 6) is 0.411. The maximum absolute atomic E-state index is 10.3. The van der Waals surface area contributed by atoms with Crippen LogP contribution in [0.3, 0.4) is 0 Å². The van der Waals surface area contributed by atoms with Crippen LogP contribution in [0.25, 0.3) is 0 Å². The third kappa shape index (κ3) is 3.13. The number of primary amides is 1. The van der Waals surface area contributed by atoms with Crippen molar-refractivity contribution in [2.45, 2.75) is 6.42 Å². The summed E-state index contributed by atoms with van der Waals surface area (Å²) in [6, 6.07) is 6.81. The van der Waals surface area contributed by atoms with Crippen molar-refractivity contribution in [2.24, 2.45) is 5.73 Å². The summed E-state index contributed by atoms with van der Waals surface area (Å²) in [6.07, 6.45) is -0.230. The summed E-state index contributed by atoms with van der Waals surface area (Å²) in [5.41, 5.74) is 5.81. The molecule has 0 saturated carbocycles. The molecular formula is C9H11NO3. The Morgan fingerprint density at radius 1 is 1.38 bits per heavy atom. The van der Waals surface area contributed by atoms with Crippen molar-refractivity contribution in [2.75, 3.05) is 6.61 Å². The summed E-state index contributed by atoms with van der Waals surface area (Å²) in [7, 11) is 0. The van der Waals surface area contributed by atoms with E-state index in [0.717, 1.165) is 5.56 Å². The van der Waals surface area contributed by atoms with Crippen molar-refractivity contribution < 1.29 is 14.6 Å². The average molecular weight is 181 g/mol. The summed E-state index contributed by atoms with van der Waals surface area (Å²) in [5, 5.41) is 8.63. The summed E-state index contributed by atoms with van der Waals surface area (Å²) >= 11 is 0. The first-order valence-electron chi connectivity index (χ1n) is 3.89. The molecule has 13 heavy (non-hydrogen) atoms. The predicted molar refractivity (Wildman–Crippen MR) is 47.4 cm³/mol. The number of benzene rings is 1. The minimum atomic E-state index is -0.824. The smallest absolute Gasteiger partial charge is 0.409 e. The van der Waals surface area contributed by atoms with Crippen molar-refractivity contribution >= 4 is 6.09 Å². The minimum Gasteiger partial charge on any atom is -0.411 e. The van der Waals surface area contributed by atoms with E-state index in [9.17, 15) is 4.79 Å². The van der Waals surface area contributed by atoms with Gasteiger partial charge in [-0.25, -0.2) is 4.79 Å². The lowest BCUT2D eigenvalue weighted by atomic mass is 10.1. The van der Waals surface area contributed by atoms with E-state index in [1.165, 1.54) is 0 Å². The molecule has 0 atom stereocenters. The number of carbonyl (C=O) groups excluding carboxylic acids is 1. The first-order valence-corrected chi connectivity index (χ1v) is 3.89. The van der Waals surface area contributed by atoms with Gasteiger partial charge < -0.3 is 15.6 Å². The number of carbonyl (C=O) groups is 1. The fraction of sp³-hybridized carbons (Fsp3) is 0.222. The molecule has 1 aromatic carbocycles. The van der Waals surface area contributed by atoms with E-state index in [4.69, 9.17) is 10.8 Å². The minimum absolute atomic E-state index is 0.107. The maximum atomic E-state index is 10.3. The Bertz CT molecular complexity index is 281. The zero-order valence-corrected chi connectivity index (χ0v) is 7.06. The molecular weight excluding hydrogens is 170 g/mol. The highest BCUT2D eigenvalue weighted by Crippen LogP contribution is 2.12. The second-order valence-electron chi connectivity index (χ2n) is 2.54. The van der Waals surface area contributed by atoms with E-state index in [1.54, 1.807) is 24.3 Å². The Morgan fingerprint density at radius 3 is 2.46 bits per heavy atom. The molecule has 0 radical (unpaired) electrons. The molecule has 0 heterocycles. The van der Waals surface area contributed by atoms with Gasteiger partial charge in [-0.05, 0) is 24.1 Å². The van der Waals surface area contributed by atoms with Crippen LogP contribution in [0.5, 0.6) is 5.75 Å². The lowest BCUT2D eigenvalue weighted by Gasteiger charge is -2.01. The molecule has 70 valence electrons. The molecule has 1 amide bonds. The topological polar surface area (TPSA) is 72.6 Å². The lowest BCUT2D eigenvalue weighted by molar-refractivity contribution is 0.211. The highest BCUT2D eigenvalue weighted by molar-refractivity contribution is 5.67. The average Bonchev–Trinajstić information content (AvgIpc) is 2.08. The number of nitrogens with two attached hydrogens (primary N) is 1.